The lowest BCUT2D eigenvalue weighted by Gasteiger charge is -2.03. The molecule has 0 N–H and O–H groups in total. The van der Waals surface area contributed by atoms with E-state index < -0.39 is 0 Å². The van der Waals surface area contributed by atoms with Crippen molar-refractivity contribution in [3.63, 3.8) is 0 Å². The fourth-order valence-electron chi connectivity index (χ4n) is 1.40. The topological polar surface area (TPSA) is 29.4 Å². The third kappa shape index (κ3) is 4.01. The van der Waals surface area contributed by atoms with Gasteiger partial charge in [-0.15, -0.1) is 0 Å². The minimum Gasteiger partial charge on any atom is -0.211 e. The highest BCUT2D eigenvalue weighted by molar-refractivity contribution is 5.33. The maximum atomic E-state index is 9.96. The second-order valence-corrected chi connectivity index (χ2v) is 3.45. The minimum absolute atomic E-state index is 0.108. The predicted octanol–water partition coefficient (Wildman–Crippen LogP) is 2.73. The smallest absolute Gasteiger partial charge is 0.211 e. The molecule has 1 unspecified atom stereocenters. The molecule has 0 saturated carbocycles. The zero-order valence-corrected chi connectivity index (χ0v) is 8.44. The number of isocyanates is 1. The number of aryl methyl sites for hydroxylation is 1. The predicted molar refractivity (Wildman–Crippen MR) is 57.0 cm³/mol. The Morgan fingerprint density at radius 1 is 1.36 bits per heavy atom. The van der Waals surface area contributed by atoms with Crippen molar-refractivity contribution < 1.29 is 4.79 Å². The van der Waals surface area contributed by atoms with Crippen LogP contribution in [0.1, 0.15) is 25.3 Å². The van der Waals surface area contributed by atoms with Crippen molar-refractivity contribution in [2.75, 3.05) is 0 Å². The van der Waals surface area contributed by atoms with E-state index in [1.54, 1.807) is 6.08 Å². The summed E-state index contributed by atoms with van der Waals surface area (Å²) in [5.41, 5.74) is 1.34. The third-order valence-corrected chi connectivity index (χ3v) is 2.20. The fourth-order valence-corrected chi connectivity index (χ4v) is 1.40. The Kier molecular flexibility index (Phi) is 4.66. The lowest BCUT2D eigenvalue weighted by atomic mass is 10.1. The number of hydrogen-bond acceptors (Lipinski definition) is 2. The van der Waals surface area contributed by atoms with Crippen molar-refractivity contribution in [2.24, 2.45) is 4.99 Å². The quantitative estimate of drug-likeness (QED) is 0.517. The fraction of sp³-hybridized carbons (Fsp3) is 0.417. The van der Waals surface area contributed by atoms with Gasteiger partial charge in [0.15, 0.2) is 0 Å². The summed E-state index contributed by atoms with van der Waals surface area (Å²) >= 11 is 0. The molecule has 14 heavy (non-hydrogen) atoms. The number of benzene rings is 1. The molecule has 0 spiro atoms. The van der Waals surface area contributed by atoms with Gasteiger partial charge in [0.25, 0.3) is 0 Å². The monoisotopic (exact) mass is 189 g/mol. The molecule has 0 aromatic heterocycles. The summed E-state index contributed by atoms with van der Waals surface area (Å²) in [4.78, 5) is 13.6. The molecule has 1 aromatic rings. The summed E-state index contributed by atoms with van der Waals surface area (Å²) in [5, 5.41) is 0. The van der Waals surface area contributed by atoms with Crippen LogP contribution < -0.4 is 0 Å². The van der Waals surface area contributed by atoms with Gasteiger partial charge in [0, 0.05) is 0 Å². The van der Waals surface area contributed by atoms with Crippen molar-refractivity contribution >= 4 is 6.08 Å². The SMILES string of the molecule is CC(CCCc1ccccc1)N=C=O. The first kappa shape index (κ1) is 10.7. The number of nitrogens with zero attached hydrogens (tertiary/aromatic N) is 1. The van der Waals surface area contributed by atoms with E-state index in [4.69, 9.17) is 0 Å². The maximum absolute atomic E-state index is 9.96. The van der Waals surface area contributed by atoms with Gasteiger partial charge in [0.2, 0.25) is 6.08 Å². The van der Waals surface area contributed by atoms with Crippen LogP contribution in [0.3, 0.4) is 0 Å². The summed E-state index contributed by atoms with van der Waals surface area (Å²) in [7, 11) is 0. The Labute approximate surface area is 84.7 Å². The van der Waals surface area contributed by atoms with Crippen LogP contribution in [-0.2, 0) is 11.2 Å². The Hall–Kier alpha value is -1.40. The second-order valence-electron chi connectivity index (χ2n) is 3.45. The molecule has 1 aromatic carbocycles. The van der Waals surface area contributed by atoms with Gasteiger partial charge in [-0.1, -0.05) is 30.3 Å². The summed E-state index contributed by atoms with van der Waals surface area (Å²) < 4.78 is 0. The van der Waals surface area contributed by atoms with Crippen LogP contribution in [0.2, 0.25) is 0 Å². The van der Waals surface area contributed by atoms with Gasteiger partial charge in [-0.2, -0.15) is 0 Å². The molecule has 1 rings (SSSR count). The average molecular weight is 189 g/mol. The molecule has 0 saturated heterocycles. The molecular weight excluding hydrogens is 174 g/mol. The molecule has 0 radical (unpaired) electrons. The number of carbonyl (C=O) groups excluding carboxylic acids is 1. The largest absolute Gasteiger partial charge is 0.235 e. The summed E-state index contributed by atoms with van der Waals surface area (Å²) in [6, 6.07) is 10.4. The van der Waals surface area contributed by atoms with Crippen molar-refractivity contribution in [3.05, 3.63) is 35.9 Å². The van der Waals surface area contributed by atoms with Crippen molar-refractivity contribution in [1.29, 1.82) is 0 Å². The highest BCUT2D eigenvalue weighted by atomic mass is 16.1. The summed E-state index contributed by atoms with van der Waals surface area (Å²) in [6.07, 6.45) is 4.66. The van der Waals surface area contributed by atoms with Gasteiger partial charge in [-0.05, 0) is 31.7 Å². The normalized spacial score (nSPS) is 11.8. The van der Waals surface area contributed by atoms with E-state index in [2.05, 4.69) is 17.1 Å². The van der Waals surface area contributed by atoms with E-state index in [9.17, 15) is 4.79 Å². The lowest BCUT2D eigenvalue weighted by Crippen LogP contribution is -1.98. The minimum atomic E-state index is 0.108. The van der Waals surface area contributed by atoms with Crippen molar-refractivity contribution in [2.45, 2.75) is 32.2 Å². The first-order valence-corrected chi connectivity index (χ1v) is 4.94. The van der Waals surface area contributed by atoms with Gasteiger partial charge in [-0.25, -0.2) is 9.79 Å². The molecule has 0 aliphatic carbocycles. The third-order valence-electron chi connectivity index (χ3n) is 2.20. The van der Waals surface area contributed by atoms with Gasteiger partial charge >= 0.3 is 0 Å². The van der Waals surface area contributed by atoms with Crippen LogP contribution >= 0.6 is 0 Å². The number of aliphatic imine (C=N–C) groups is 1. The standard InChI is InChI=1S/C12H15NO/c1-11(13-10-14)6-5-9-12-7-3-2-4-8-12/h2-4,7-8,11H,5-6,9H2,1H3. The van der Waals surface area contributed by atoms with Crippen LogP contribution in [0, 0.1) is 0 Å². The molecule has 0 bridgehead atoms. The van der Waals surface area contributed by atoms with Crippen LogP contribution in [0.5, 0.6) is 0 Å². The molecule has 0 aliphatic rings. The summed E-state index contributed by atoms with van der Waals surface area (Å²) in [5.74, 6) is 0. The Balaban J connectivity index is 2.25. The van der Waals surface area contributed by atoms with Gasteiger partial charge in [-0.3, -0.25) is 0 Å². The van der Waals surface area contributed by atoms with E-state index in [-0.39, 0.29) is 6.04 Å². The van der Waals surface area contributed by atoms with Crippen LogP contribution in [0.4, 0.5) is 0 Å². The number of rotatable bonds is 5. The van der Waals surface area contributed by atoms with Gasteiger partial charge < -0.3 is 0 Å². The second kappa shape index (κ2) is 6.11. The van der Waals surface area contributed by atoms with E-state index in [0.717, 1.165) is 19.3 Å². The zero-order valence-electron chi connectivity index (χ0n) is 8.44. The number of hydrogen-bond donors (Lipinski definition) is 0. The van der Waals surface area contributed by atoms with Crippen LogP contribution in [0.25, 0.3) is 0 Å². The zero-order chi connectivity index (χ0) is 10.2. The molecule has 0 amide bonds. The van der Waals surface area contributed by atoms with E-state index >= 15 is 0 Å². The van der Waals surface area contributed by atoms with E-state index in [0.29, 0.717) is 0 Å². The van der Waals surface area contributed by atoms with Crippen LogP contribution in [0.15, 0.2) is 35.3 Å². The van der Waals surface area contributed by atoms with Gasteiger partial charge in [0.05, 0.1) is 6.04 Å². The molecule has 2 heteroatoms. The van der Waals surface area contributed by atoms with Crippen LogP contribution in [-0.4, -0.2) is 12.1 Å². The van der Waals surface area contributed by atoms with Crippen molar-refractivity contribution in [3.8, 4) is 0 Å². The summed E-state index contributed by atoms with van der Waals surface area (Å²) in [6.45, 7) is 1.94. The Bertz CT molecular complexity index is 301. The highest BCUT2D eigenvalue weighted by Gasteiger charge is 1.98. The Morgan fingerprint density at radius 2 is 2.07 bits per heavy atom. The highest BCUT2D eigenvalue weighted by Crippen LogP contribution is 2.07. The molecule has 0 heterocycles. The molecule has 1 atom stereocenters. The Morgan fingerprint density at radius 3 is 2.71 bits per heavy atom. The van der Waals surface area contributed by atoms with E-state index in [1.165, 1.54) is 5.56 Å². The average Bonchev–Trinajstić information content (AvgIpc) is 2.20. The maximum Gasteiger partial charge on any atom is 0.235 e. The molecule has 0 fully saturated rings. The molecular formula is C12H15NO. The first-order valence-electron chi connectivity index (χ1n) is 4.94. The molecule has 74 valence electrons. The lowest BCUT2D eigenvalue weighted by molar-refractivity contribution is 0.552. The molecule has 0 aliphatic heterocycles. The molecule has 2 nitrogen and oxygen atoms in total. The van der Waals surface area contributed by atoms with Crippen molar-refractivity contribution in [1.82, 2.24) is 0 Å². The van der Waals surface area contributed by atoms with E-state index in [1.807, 2.05) is 25.1 Å². The van der Waals surface area contributed by atoms with Gasteiger partial charge in [0.1, 0.15) is 0 Å². The first-order chi connectivity index (χ1) is 6.83.